The van der Waals surface area contributed by atoms with Crippen molar-refractivity contribution < 1.29 is 34.5 Å². The molecule has 0 radical (unpaired) electrons. The minimum atomic E-state index is -1.57. The van der Waals surface area contributed by atoms with Gasteiger partial charge in [0.05, 0.1) is 25.6 Å². The number of carboxylic acid groups (broad SMARTS) is 1. The van der Waals surface area contributed by atoms with Crippen LogP contribution in [0.25, 0.3) is 0 Å². The van der Waals surface area contributed by atoms with Crippen molar-refractivity contribution in [1.82, 2.24) is 25.9 Å². The SMILES string of the molecule is NC(Cc1cnc[nH]1)C(=O)NC(CO)C(=O)NC(Cc1ccccc1)C(=O)NC(CO)C(=O)O. The summed E-state index contributed by atoms with van der Waals surface area (Å²) in [5.74, 6) is -3.90. The van der Waals surface area contributed by atoms with E-state index in [4.69, 9.17) is 10.8 Å². The fourth-order valence-electron chi connectivity index (χ4n) is 2.99. The zero-order valence-corrected chi connectivity index (χ0v) is 18.2. The average Bonchev–Trinajstić information content (AvgIpc) is 3.33. The van der Waals surface area contributed by atoms with E-state index in [0.29, 0.717) is 11.3 Å². The van der Waals surface area contributed by atoms with Gasteiger partial charge in [0.1, 0.15) is 18.1 Å². The van der Waals surface area contributed by atoms with Gasteiger partial charge in [0.15, 0.2) is 0 Å². The Morgan fingerprint density at radius 1 is 0.882 bits per heavy atom. The Morgan fingerprint density at radius 3 is 2.03 bits per heavy atom. The number of rotatable bonds is 13. The van der Waals surface area contributed by atoms with E-state index in [1.807, 2.05) is 0 Å². The van der Waals surface area contributed by atoms with Crippen molar-refractivity contribution in [1.29, 1.82) is 0 Å². The van der Waals surface area contributed by atoms with Crippen LogP contribution in [0, 0.1) is 0 Å². The third-order valence-electron chi connectivity index (χ3n) is 4.86. The van der Waals surface area contributed by atoms with Gasteiger partial charge in [0.25, 0.3) is 0 Å². The van der Waals surface area contributed by atoms with Crippen molar-refractivity contribution in [2.75, 3.05) is 13.2 Å². The Balaban J connectivity index is 2.08. The first-order valence-electron chi connectivity index (χ1n) is 10.4. The molecule has 13 nitrogen and oxygen atoms in total. The van der Waals surface area contributed by atoms with E-state index in [2.05, 4.69) is 25.9 Å². The van der Waals surface area contributed by atoms with Gasteiger partial charge < -0.3 is 42.0 Å². The number of aliphatic carboxylic acids is 1. The predicted octanol–water partition coefficient (Wildman–Crippen LogP) is -2.95. The number of carbonyl (C=O) groups excluding carboxylic acids is 3. The molecule has 0 saturated carbocycles. The molecule has 0 bridgehead atoms. The quantitative estimate of drug-likeness (QED) is 0.148. The van der Waals surface area contributed by atoms with Crippen LogP contribution in [-0.2, 0) is 32.0 Å². The predicted molar refractivity (Wildman–Crippen MR) is 118 cm³/mol. The number of aliphatic hydroxyl groups is 2. The van der Waals surface area contributed by atoms with Gasteiger partial charge in [0, 0.05) is 24.7 Å². The molecule has 2 aromatic rings. The van der Waals surface area contributed by atoms with Crippen LogP contribution in [0.5, 0.6) is 0 Å². The van der Waals surface area contributed by atoms with Gasteiger partial charge in [-0.05, 0) is 5.56 Å². The number of hydrogen-bond acceptors (Lipinski definition) is 8. The maximum Gasteiger partial charge on any atom is 0.328 e. The third-order valence-corrected chi connectivity index (χ3v) is 4.86. The first-order valence-corrected chi connectivity index (χ1v) is 10.4. The summed E-state index contributed by atoms with van der Waals surface area (Å²) in [4.78, 5) is 55.6. The Bertz CT molecular complexity index is 954. The highest BCUT2D eigenvalue weighted by Crippen LogP contribution is 2.05. The third kappa shape index (κ3) is 7.95. The number of carbonyl (C=O) groups is 4. The number of aromatic amines is 1. The number of amides is 3. The monoisotopic (exact) mass is 476 g/mol. The lowest BCUT2D eigenvalue weighted by Gasteiger charge is -2.24. The first kappa shape index (κ1) is 26.4. The maximum atomic E-state index is 12.8. The molecular weight excluding hydrogens is 448 g/mol. The van der Waals surface area contributed by atoms with Gasteiger partial charge in [-0.2, -0.15) is 0 Å². The average molecular weight is 476 g/mol. The number of aromatic nitrogens is 2. The lowest BCUT2D eigenvalue weighted by Crippen LogP contribution is -2.59. The molecule has 0 aliphatic carbocycles. The van der Waals surface area contributed by atoms with Crippen LogP contribution in [0.2, 0.25) is 0 Å². The minimum absolute atomic E-state index is 0.0123. The lowest BCUT2D eigenvalue weighted by molar-refractivity contribution is -0.143. The summed E-state index contributed by atoms with van der Waals surface area (Å²) in [6, 6.07) is 3.32. The van der Waals surface area contributed by atoms with Gasteiger partial charge in [0.2, 0.25) is 17.7 Å². The summed E-state index contributed by atoms with van der Waals surface area (Å²) in [6.45, 7) is -1.63. The van der Waals surface area contributed by atoms with E-state index in [9.17, 15) is 29.4 Å². The van der Waals surface area contributed by atoms with E-state index < -0.39 is 61.1 Å². The molecule has 34 heavy (non-hydrogen) atoms. The number of H-pyrrole nitrogens is 1. The summed E-state index contributed by atoms with van der Waals surface area (Å²) in [5.41, 5.74) is 7.10. The first-order chi connectivity index (χ1) is 16.2. The summed E-state index contributed by atoms with van der Waals surface area (Å²) < 4.78 is 0. The molecule has 4 unspecified atom stereocenters. The molecule has 0 fully saturated rings. The van der Waals surface area contributed by atoms with Crippen LogP contribution in [0.4, 0.5) is 0 Å². The van der Waals surface area contributed by atoms with Crippen molar-refractivity contribution in [3.63, 3.8) is 0 Å². The highest BCUT2D eigenvalue weighted by atomic mass is 16.4. The zero-order chi connectivity index (χ0) is 25.1. The van der Waals surface area contributed by atoms with Crippen molar-refractivity contribution >= 4 is 23.7 Å². The van der Waals surface area contributed by atoms with Crippen LogP contribution in [0.15, 0.2) is 42.9 Å². The van der Waals surface area contributed by atoms with Gasteiger partial charge in [-0.1, -0.05) is 30.3 Å². The second kappa shape index (κ2) is 13.0. The second-order valence-electron chi connectivity index (χ2n) is 7.46. The number of benzene rings is 1. The highest BCUT2D eigenvalue weighted by Gasteiger charge is 2.30. The number of nitrogens with one attached hydrogen (secondary N) is 4. The molecule has 2 rings (SSSR count). The topological polar surface area (TPSA) is 220 Å². The smallest absolute Gasteiger partial charge is 0.328 e. The fourth-order valence-corrected chi connectivity index (χ4v) is 2.99. The molecule has 3 amide bonds. The summed E-state index contributed by atoms with van der Waals surface area (Å²) in [5, 5.41) is 34.8. The molecule has 0 aliphatic rings. The van der Waals surface area contributed by atoms with E-state index in [-0.39, 0.29) is 12.8 Å². The molecular formula is C21H28N6O7. The van der Waals surface area contributed by atoms with Gasteiger partial charge in [-0.25, -0.2) is 9.78 Å². The molecule has 184 valence electrons. The molecule has 13 heteroatoms. The van der Waals surface area contributed by atoms with E-state index in [1.54, 1.807) is 30.3 Å². The largest absolute Gasteiger partial charge is 0.480 e. The minimum Gasteiger partial charge on any atom is -0.480 e. The number of carboxylic acids is 1. The van der Waals surface area contributed by atoms with E-state index in [1.165, 1.54) is 12.5 Å². The van der Waals surface area contributed by atoms with E-state index >= 15 is 0 Å². The van der Waals surface area contributed by atoms with Crippen molar-refractivity contribution in [2.24, 2.45) is 5.73 Å². The molecule has 1 aromatic carbocycles. The Labute approximate surface area is 194 Å². The van der Waals surface area contributed by atoms with Gasteiger partial charge in [-0.3, -0.25) is 14.4 Å². The number of nitrogens with zero attached hydrogens (tertiary/aromatic N) is 1. The second-order valence-corrected chi connectivity index (χ2v) is 7.46. The summed E-state index contributed by atoms with van der Waals surface area (Å²) in [6.07, 6.45) is 3.02. The number of aliphatic hydroxyl groups excluding tert-OH is 2. The number of imidazole rings is 1. The highest BCUT2D eigenvalue weighted by molar-refractivity contribution is 5.94. The fraction of sp³-hybridized carbons (Fsp3) is 0.381. The lowest BCUT2D eigenvalue weighted by atomic mass is 10.0. The van der Waals surface area contributed by atoms with Gasteiger partial charge >= 0.3 is 5.97 Å². The van der Waals surface area contributed by atoms with Crippen LogP contribution >= 0.6 is 0 Å². The molecule has 1 aromatic heterocycles. The van der Waals surface area contributed by atoms with Crippen molar-refractivity contribution in [2.45, 2.75) is 37.0 Å². The summed E-state index contributed by atoms with van der Waals surface area (Å²) >= 11 is 0. The Hall–Kier alpha value is -3.81. The standard InChI is InChI=1S/C21H28N6O7/c22-14(7-13-8-23-11-24-13)18(30)26-16(9-28)20(32)25-15(6-12-4-2-1-3-5-12)19(31)27-17(10-29)21(33)34/h1-5,8,11,14-17,28-29H,6-7,9-10,22H2,(H,23,24)(H,25,32)(H,26,30)(H,27,31)(H,33,34). The Morgan fingerprint density at radius 2 is 1.47 bits per heavy atom. The van der Waals surface area contributed by atoms with Crippen molar-refractivity contribution in [3.8, 4) is 0 Å². The molecule has 0 spiro atoms. The van der Waals surface area contributed by atoms with E-state index in [0.717, 1.165) is 0 Å². The Kier molecular flexibility index (Phi) is 10.1. The van der Waals surface area contributed by atoms with Crippen LogP contribution < -0.4 is 21.7 Å². The molecule has 4 atom stereocenters. The van der Waals surface area contributed by atoms with Crippen LogP contribution in [-0.4, -0.2) is 86.4 Å². The molecule has 9 N–H and O–H groups in total. The summed E-state index contributed by atoms with van der Waals surface area (Å²) in [7, 11) is 0. The molecule has 0 aliphatic heterocycles. The number of hydrogen-bond donors (Lipinski definition) is 8. The number of nitrogens with two attached hydrogens (primary N) is 1. The van der Waals surface area contributed by atoms with Crippen LogP contribution in [0.1, 0.15) is 11.3 Å². The maximum absolute atomic E-state index is 12.8. The normalized spacial score (nSPS) is 14.3. The van der Waals surface area contributed by atoms with Crippen molar-refractivity contribution in [3.05, 3.63) is 54.1 Å². The van der Waals surface area contributed by atoms with Crippen LogP contribution in [0.3, 0.4) is 0 Å². The van der Waals surface area contributed by atoms with Gasteiger partial charge in [-0.15, -0.1) is 0 Å². The molecule has 0 saturated heterocycles. The zero-order valence-electron chi connectivity index (χ0n) is 18.2. The molecule has 1 heterocycles.